The number of benzene rings is 1. The molecular weight excluding hydrogens is 432 g/mol. The molecule has 2 aliphatic heterocycles. The lowest BCUT2D eigenvalue weighted by Gasteiger charge is -2.37. The van der Waals surface area contributed by atoms with Gasteiger partial charge in [-0.05, 0) is 42.5 Å². The molecule has 0 radical (unpaired) electrons. The summed E-state index contributed by atoms with van der Waals surface area (Å²) in [6.07, 6.45) is 7.02. The van der Waals surface area contributed by atoms with Gasteiger partial charge in [0.25, 0.3) is 0 Å². The number of piperazine rings is 1. The number of terminal acetylenes is 1. The van der Waals surface area contributed by atoms with Gasteiger partial charge < -0.3 is 25.5 Å². The maximum atomic E-state index is 12.7. The smallest absolute Gasteiger partial charge is 0.241 e. The third-order valence-electron chi connectivity index (χ3n) is 6.46. The zero-order chi connectivity index (χ0) is 25.0. The molecule has 2 unspecified atom stereocenters. The number of nitrogens with zero attached hydrogens (tertiary/aromatic N) is 2. The van der Waals surface area contributed by atoms with Gasteiger partial charge in [0.2, 0.25) is 12.3 Å². The van der Waals surface area contributed by atoms with E-state index < -0.39 is 12.1 Å². The van der Waals surface area contributed by atoms with Crippen LogP contribution >= 0.6 is 0 Å². The predicted octanol–water partition coefficient (Wildman–Crippen LogP) is -0.353. The predicted molar refractivity (Wildman–Crippen MR) is 133 cm³/mol. The van der Waals surface area contributed by atoms with Gasteiger partial charge in [0.1, 0.15) is 6.04 Å². The second-order valence-electron chi connectivity index (χ2n) is 9.50. The SMILES string of the molecule is C#Cc1ccc(CNC=O)cc1.CC(C)(CCN1CCNCC1)C(NN)C(=O)N1CCC(O)C1. The largest absolute Gasteiger partial charge is 0.391 e. The molecule has 9 nitrogen and oxygen atoms in total. The van der Waals surface area contributed by atoms with Crippen molar-refractivity contribution in [3.05, 3.63) is 35.4 Å². The van der Waals surface area contributed by atoms with Gasteiger partial charge in [-0.3, -0.25) is 15.4 Å². The van der Waals surface area contributed by atoms with Gasteiger partial charge in [0.05, 0.1) is 6.10 Å². The standard InChI is InChI=1S/C15H31N5O2.C10H9NO/c1-15(2,4-8-19-9-5-17-6-10-19)13(18-16)14(22)20-7-3-12(21)11-20;1-2-9-3-5-10(6-4-9)7-11-8-12/h12-13,17-18,21H,3-11,16H2,1-2H3;1,3-6,8H,7H2,(H,11,12). The second-order valence-corrected chi connectivity index (χ2v) is 9.50. The Morgan fingerprint density at radius 1 is 1.32 bits per heavy atom. The van der Waals surface area contributed by atoms with Crippen molar-refractivity contribution in [1.82, 2.24) is 25.9 Å². The number of aliphatic hydroxyl groups excluding tert-OH is 1. The molecule has 188 valence electrons. The van der Waals surface area contributed by atoms with Crippen LogP contribution in [0.4, 0.5) is 0 Å². The lowest BCUT2D eigenvalue weighted by Crippen LogP contribution is -2.56. The Kier molecular flexibility index (Phi) is 11.5. The number of amides is 2. The van der Waals surface area contributed by atoms with Crippen LogP contribution in [0.1, 0.15) is 37.8 Å². The summed E-state index contributed by atoms with van der Waals surface area (Å²) >= 11 is 0. The van der Waals surface area contributed by atoms with Crippen molar-refractivity contribution in [3.8, 4) is 12.3 Å². The summed E-state index contributed by atoms with van der Waals surface area (Å²) in [5.74, 6) is 8.21. The monoisotopic (exact) mass is 472 g/mol. The minimum atomic E-state index is -0.416. The average molecular weight is 473 g/mol. The van der Waals surface area contributed by atoms with Crippen LogP contribution in [0.25, 0.3) is 0 Å². The van der Waals surface area contributed by atoms with Crippen LogP contribution in [-0.4, -0.2) is 85.2 Å². The summed E-state index contributed by atoms with van der Waals surface area (Å²) in [5.41, 5.74) is 4.38. The van der Waals surface area contributed by atoms with Crippen LogP contribution in [0.5, 0.6) is 0 Å². The van der Waals surface area contributed by atoms with Crippen LogP contribution in [-0.2, 0) is 16.1 Å². The van der Waals surface area contributed by atoms with E-state index >= 15 is 0 Å². The normalized spacial score (nSPS) is 19.5. The summed E-state index contributed by atoms with van der Waals surface area (Å²) in [4.78, 5) is 26.8. The highest BCUT2D eigenvalue weighted by atomic mass is 16.3. The number of likely N-dealkylation sites (tertiary alicyclic amines) is 1. The molecule has 1 aromatic rings. The summed E-state index contributed by atoms with van der Waals surface area (Å²) in [7, 11) is 0. The van der Waals surface area contributed by atoms with E-state index in [1.165, 1.54) is 0 Å². The van der Waals surface area contributed by atoms with Crippen LogP contribution in [0.2, 0.25) is 0 Å². The number of hydrogen-bond acceptors (Lipinski definition) is 7. The van der Waals surface area contributed by atoms with Gasteiger partial charge in [-0.25, -0.2) is 5.43 Å². The van der Waals surface area contributed by atoms with Crippen molar-refractivity contribution in [3.63, 3.8) is 0 Å². The van der Waals surface area contributed by atoms with Crippen LogP contribution in [0.3, 0.4) is 0 Å². The molecule has 3 rings (SSSR count). The average Bonchev–Trinajstić information content (AvgIpc) is 3.29. The number of carbonyl (C=O) groups is 2. The molecule has 2 atom stereocenters. The van der Waals surface area contributed by atoms with E-state index in [-0.39, 0.29) is 11.3 Å². The lowest BCUT2D eigenvalue weighted by atomic mass is 9.80. The van der Waals surface area contributed by atoms with Gasteiger partial charge >= 0.3 is 0 Å². The van der Waals surface area contributed by atoms with Crippen molar-refractivity contribution in [2.75, 3.05) is 45.8 Å². The highest BCUT2D eigenvalue weighted by Crippen LogP contribution is 2.28. The summed E-state index contributed by atoms with van der Waals surface area (Å²) in [5, 5.41) is 15.5. The van der Waals surface area contributed by atoms with Crippen molar-refractivity contribution >= 4 is 12.3 Å². The molecule has 34 heavy (non-hydrogen) atoms. The molecule has 2 amide bonds. The van der Waals surface area contributed by atoms with E-state index in [4.69, 9.17) is 12.3 Å². The van der Waals surface area contributed by atoms with E-state index in [2.05, 4.69) is 40.7 Å². The van der Waals surface area contributed by atoms with E-state index in [0.717, 1.165) is 50.3 Å². The number of aliphatic hydroxyl groups is 1. The quantitative estimate of drug-likeness (QED) is 0.144. The van der Waals surface area contributed by atoms with Gasteiger partial charge in [-0.2, -0.15) is 0 Å². The number of nitrogens with two attached hydrogens (primary N) is 1. The molecule has 2 fully saturated rings. The molecule has 6 N–H and O–H groups in total. The number of rotatable bonds is 9. The fourth-order valence-corrected chi connectivity index (χ4v) is 4.16. The second kappa shape index (κ2) is 14.0. The minimum absolute atomic E-state index is 0.00404. The Labute approximate surface area is 203 Å². The summed E-state index contributed by atoms with van der Waals surface area (Å²) < 4.78 is 0. The van der Waals surface area contributed by atoms with Crippen molar-refractivity contribution < 1.29 is 14.7 Å². The molecule has 2 aliphatic rings. The Morgan fingerprint density at radius 3 is 2.53 bits per heavy atom. The molecule has 2 saturated heterocycles. The first-order valence-electron chi connectivity index (χ1n) is 11.9. The zero-order valence-electron chi connectivity index (χ0n) is 20.4. The first-order valence-corrected chi connectivity index (χ1v) is 11.9. The summed E-state index contributed by atoms with van der Waals surface area (Å²) in [6.45, 7) is 10.9. The molecule has 2 heterocycles. The maximum absolute atomic E-state index is 12.7. The van der Waals surface area contributed by atoms with Gasteiger partial charge in [0.15, 0.2) is 0 Å². The molecule has 0 spiro atoms. The number of hydrazine groups is 1. The van der Waals surface area contributed by atoms with Gasteiger partial charge in [0, 0.05) is 51.4 Å². The molecule has 0 bridgehead atoms. The number of nitrogens with one attached hydrogen (secondary N) is 3. The molecule has 1 aromatic carbocycles. The number of β-amino-alcohol motifs (C(OH)–C–C–N with tert-alkyl or cyclic N) is 1. The topological polar surface area (TPSA) is 123 Å². The third kappa shape index (κ3) is 8.70. The Balaban J connectivity index is 0.000000287. The fraction of sp³-hybridized carbons (Fsp3) is 0.600. The van der Waals surface area contributed by atoms with Gasteiger partial charge in [-0.15, -0.1) is 6.42 Å². The van der Waals surface area contributed by atoms with E-state index in [1.54, 1.807) is 4.90 Å². The molecule has 0 aliphatic carbocycles. The van der Waals surface area contributed by atoms with Crippen LogP contribution in [0.15, 0.2) is 24.3 Å². The summed E-state index contributed by atoms with van der Waals surface area (Å²) in [6, 6.07) is 7.07. The fourth-order valence-electron chi connectivity index (χ4n) is 4.16. The first kappa shape index (κ1) is 27.8. The van der Waals surface area contributed by atoms with Gasteiger partial charge in [-0.1, -0.05) is 31.9 Å². The Bertz CT molecular complexity index is 802. The lowest BCUT2D eigenvalue weighted by molar-refractivity contribution is -0.136. The van der Waals surface area contributed by atoms with E-state index in [1.807, 2.05) is 24.3 Å². The zero-order valence-corrected chi connectivity index (χ0v) is 20.4. The molecule has 9 heteroatoms. The maximum Gasteiger partial charge on any atom is 0.241 e. The number of carbonyl (C=O) groups excluding carboxylic acids is 2. The minimum Gasteiger partial charge on any atom is -0.391 e. The molecule has 0 aromatic heterocycles. The third-order valence-corrected chi connectivity index (χ3v) is 6.46. The van der Waals surface area contributed by atoms with Crippen LogP contribution in [0, 0.1) is 17.8 Å². The molecular formula is C25H40N6O3. The van der Waals surface area contributed by atoms with Crippen molar-refractivity contribution in [1.29, 1.82) is 0 Å². The van der Waals surface area contributed by atoms with E-state index in [0.29, 0.717) is 32.5 Å². The highest BCUT2D eigenvalue weighted by molar-refractivity contribution is 5.83. The van der Waals surface area contributed by atoms with Crippen molar-refractivity contribution in [2.45, 2.75) is 45.4 Å². The number of hydrogen-bond donors (Lipinski definition) is 5. The van der Waals surface area contributed by atoms with Crippen LogP contribution < -0.4 is 21.9 Å². The highest BCUT2D eigenvalue weighted by Gasteiger charge is 2.39. The van der Waals surface area contributed by atoms with Crippen molar-refractivity contribution in [2.24, 2.45) is 11.3 Å². The Hall–Kier alpha value is -2.48. The molecule has 0 saturated carbocycles. The van der Waals surface area contributed by atoms with E-state index in [9.17, 15) is 14.7 Å². The Morgan fingerprint density at radius 2 is 2.00 bits per heavy atom. The first-order chi connectivity index (χ1) is 16.3.